The van der Waals surface area contributed by atoms with E-state index in [-0.39, 0.29) is 16.6 Å². The first kappa shape index (κ1) is 28.3. The molecule has 0 spiro atoms. The van der Waals surface area contributed by atoms with Crippen LogP contribution in [0.4, 0.5) is 0 Å². The average Bonchev–Trinajstić information content (AvgIpc) is 2.63. The maximum atomic E-state index is 12.5. The lowest BCUT2D eigenvalue weighted by Crippen LogP contribution is -2.50. The Morgan fingerprint density at radius 1 is 0.879 bits per heavy atom. The van der Waals surface area contributed by atoms with Crippen LogP contribution < -0.4 is 10.5 Å². The third-order valence-electron chi connectivity index (χ3n) is 4.82. The van der Waals surface area contributed by atoms with E-state index < -0.39 is 44.8 Å². The fourth-order valence-corrected chi connectivity index (χ4v) is 8.59. The fraction of sp³-hybridized carbons (Fsp3) is 0.583. The highest BCUT2D eigenvalue weighted by Gasteiger charge is 2.40. The van der Waals surface area contributed by atoms with Crippen molar-refractivity contribution in [2.75, 3.05) is 6.54 Å². The van der Waals surface area contributed by atoms with Gasteiger partial charge in [-0.25, -0.2) is 4.79 Å². The molecule has 33 heavy (non-hydrogen) atoms. The molecule has 2 N–H and O–H groups in total. The van der Waals surface area contributed by atoms with E-state index in [1.54, 1.807) is 0 Å². The van der Waals surface area contributed by atoms with Gasteiger partial charge in [-0.05, 0) is 22.1 Å². The van der Waals surface area contributed by atoms with Crippen molar-refractivity contribution in [3.05, 3.63) is 29.8 Å². The first-order valence-corrected chi connectivity index (χ1v) is 12.4. The minimum absolute atomic E-state index is 0.187. The Bertz CT molecular complexity index is 839. The highest BCUT2D eigenvalue weighted by atomic mass is 28.3. The summed E-state index contributed by atoms with van der Waals surface area (Å²) in [6.45, 7) is 15.9. The largest absolute Gasteiger partial charge is 0.478 e. The van der Waals surface area contributed by atoms with Crippen molar-refractivity contribution < 1.29 is 33.8 Å². The van der Waals surface area contributed by atoms with Crippen LogP contribution in [0, 0.1) is 0 Å². The van der Waals surface area contributed by atoms with Gasteiger partial charge in [0.1, 0.15) is 0 Å². The van der Waals surface area contributed by atoms with Crippen molar-refractivity contribution in [3.63, 3.8) is 0 Å². The molecule has 0 saturated carbocycles. The van der Waals surface area contributed by atoms with Gasteiger partial charge >= 0.3 is 17.9 Å². The zero-order valence-electron chi connectivity index (χ0n) is 20.8. The number of esters is 2. The van der Waals surface area contributed by atoms with Gasteiger partial charge in [-0.1, -0.05) is 71.0 Å². The minimum Gasteiger partial charge on any atom is -0.478 e. The van der Waals surface area contributed by atoms with Gasteiger partial charge in [0.15, 0.2) is 0 Å². The molecule has 2 unspecified atom stereocenters. The van der Waals surface area contributed by atoms with Crippen LogP contribution in [0.15, 0.2) is 24.3 Å². The van der Waals surface area contributed by atoms with E-state index in [0.717, 1.165) is 19.4 Å². The molecule has 1 amide bonds. The van der Waals surface area contributed by atoms with Crippen LogP contribution in [0.2, 0.25) is 10.1 Å². The highest BCUT2D eigenvalue weighted by molar-refractivity contribution is 6.78. The van der Waals surface area contributed by atoms with Crippen molar-refractivity contribution in [3.8, 4) is 0 Å². The zero-order valence-corrected chi connectivity index (χ0v) is 21.8. The normalized spacial score (nSPS) is 13.7. The molecular weight excluding hydrogens is 442 g/mol. The number of aliphatic carboxylic acids is 1. The SMILES string of the molecule is CC(=O)OC(C(=O)O)C(OC(C)=O)C(=O)NCCc1ccc([Si](C(C)(C)C)C(C)(C)C)cc1. The van der Waals surface area contributed by atoms with Crippen molar-refractivity contribution in [2.24, 2.45) is 0 Å². The van der Waals surface area contributed by atoms with Crippen LogP contribution in [0.25, 0.3) is 0 Å². The first-order valence-electron chi connectivity index (χ1n) is 10.9. The summed E-state index contributed by atoms with van der Waals surface area (Å²) in [5, 5.41) is 13.6. The predicted molar refractivity (Wildman–Crippen MR) is 127 cm³/mol. The molecule has 0 aliphatic rings. The minimum atomic E-state index is -1.93. The van der Waals surface area contributed by atoms with Crippen LogP contribution in [0.3, 0.4) is 0 Å². The molecule has 0 saturated heterocycles. The van der Waals surface area contributed by atoms with E-state index in [1.807, 2.05) is 12.1 Å². The van der Waals surface area contributed by atoms with Gasteiger partial charge in [-0.15, -0.1) is 0 Å². The number of hydrogen-bond donors (Lipinski definition) is 2. The number of rotatable bonds is 9. The summed E-state index contributed by atoms with van der Waals surface area (Å²) in [5.41, 5.74) is 1.00. The van der Waals surface area contributed by atoms with E-state index in [4.69, 9.17) is 4.74 Å². The molecule has 1 rings (SSSR count). The Balaban J connectivity index is 2.87. The summed E-state index contributed by atoms with van der Waals surface area (Å²) < 4.78 is 9.52. The molecule has 1 aromatic carbocycles. The second-order valence-corrected chi connectivity index (χ2v) is 14.3. The van der Waals surface area contributed by atoms with Gasteiger partial charge in [0.25, 0.3) is 5.91 Å². The van der Waals surface area contributed by atoms with Gasteiger partial charge in [-0.3, -0.25) is 14.4 Å². The summed E-state index contributed by atoms with van der Waals surface area (Å²) >= 11 is 0. The van der Waals surface area contributed by atoms with Gasteiger partial charge in [0.05, 0.1) is 8.80 Å². The molecular formula is C24H36NO7Si. The average molecular weight is 479 g/mol. The predicted octanol–water partition coefficient (Wildman–Crippen LogP) is 2.60. The quantitative estimate of drug-likeness (QED) is 0.414. The van der Waals surface area contributed by atoms with Crippen LogP contribution in [-0.2, 0) is 35.1 Å². The molecule has 0 aliphatic carbocycles. The maximum absolute atomic E-state index is 12.5. The van der Waals surface area contributed by atoms with Crippen molar-refractivity contribution >= 4 is 37.8 Å². The van der Waals surface area contributed by atoms with E-state index in [0.29, 0.717) is 6.42 Å². The van der Waals surface area contributed by atoms with Crippen molar-refractivity contribution in [2.45, 2.75) is 84.1 Å². The Morgan fingerprint density at radius 2 is 1.33 bits per heavy atom. The molecule has 0 aromatic heterocycles. The number of carboxylic acid groups (broad SMARTS) is 1. The van der Waals surface area contributed by atoms with Crippen LogP contribution in [-0.4, -0.2) is 56.5 Å². The zero-order chi connectivity index (χ0) is 25.6. The van der Waals surface area contributed by atoms with E-state index in [2.05, 4.69) is 63.7 Å². The molecule has 0 fully saturated rings. The lowest BCUT2D eigenvalue weighted by Gasteiger charge is -2.39. The molecule has 0 heterocycles. The molecule has 8 nitrogen and oxygen atoms in total. The number of carboxylic acids is 1. The third-order valence-corrected chi connectivity index (χ3v) is 8.73. The molecule has 0 aliphatic heterocycles. The molecule has 0 bridgehead atoms. The monoisotopic (exact) mass is 478 g/mol. The summed E-state index contributed by atoms with van der Waals surface area (Å²) in [6, 6.07) is 8.35. The van der Waals surface area contributed by atoms with Gasteiger partial charge in [0, 0.05) is 20.4 Å². The number of carbonyl (C=O) groups excluding carboxylic acids is 3. The van der Waals surface area contributed by atoms with Gasteiger partial charge in [0.2, 0.25) is 12.2 Å². The maximum Gasteiger partial charge on any atom is 0.349 e. The standard InChI is InChI=1S/C24H36NO7Si/c1-15(26)31-19(20(22(29)30)32-16(2)27)21(28)25-14-13-17-9-11-18(12-10-17)33(23(3,4)5)24(6,7)8/h9-12,19-20H,13-14H2,1-8H3,(H,25,28)(H,29,30). The molecule has 183 valence electrons. The van der Waals surface area contributed by atoms with E-state index in [9.17, 15) is 24.3 Å². The van der Waals surface area contributed by atoms with Crippen molar-refractivity contribution in [1.82, 2.24) is 5.32 Å². The lowest BCUT2D eigenvalue weighted by atomic mass is 10.1. The van der Waals surface area contributed by atoms with Crippen molar-refractivity contribution in [1.29, 1.82) is 0 Å². The number of amides is 1. The molecule has 1 radical (unpaired) electrons. The lowest BCUT2D eigenvalue weighted by molar-refractivity contribution is -0.180. The summed E-state index contributed by atoms with van der Waals surface area (Å²) in [6.07, 6.45) is -3.21. The Kier molecular flexibility index (Phi) is 9.83. The Morgan fingerprint density at radius 3 is 1.73 bits per heavy atom. The topological polar surface area (TPSA) is 119 Å². The van der Waals surface area contributed by atoms with Crippen LogP contribution >= 0.6 is 0 Å². The molecule has 9 heteroatoms. The van der Waals surface area contributed by atoms with Gasteiger partial charge in [-0.2, -0.15) is 0 Å². The van der Waals surface area contributed by atoms with Gasteiger partial charge < -0.3 is 19.9 Å². The first-order chi connectivity index (χ1) is 15.0. The second-order valence-electron chi connectivity index (χ2n) is 10.0. The summed E-state index contributed by atoms with van der Waals surface area (Å²) in [4.78, 5) is 46.5. The van der Waals surface area contributed by atoms with E-state index >= 15 is 0 Å². The third kappa shape index (κ3) is 8.99. The fourth-order valence-electron chi connectivity index (χ4n) is 4.11. The second kappa shape index (κ2) is 11.4. The van der Waals surface area contributed by atoms with Crippen LogP contribution in [0.1, 0.15) is 61.0 Å². The Labute approximate surface area is 197 Å². The number of nitrogens with one attached hydrogen (secondary N) is 1. The number of carbonyl (C=O) groups is 4. The summed E-state index contributed by atoms with van der Waals surface area (Å²) in [5.74, 6) is -4.20. The number of hydrogen-bond acceptors (Lipinski definition) is 6. The van der Waals surface area contributed by atoms with Crippen LogP contribution in [0.5, 0.6) is 0 Å². The number of benzene rings is 1. The Hall–Kier alpha value is -2.68. The van der Waals surface area contributed by atoms with E-state index in [1.165, 1.54) is 5.19 Å². The number of ether oxygens (including phenoxy) is 2. The molecule has 2 atom stereocenters. The highest BCUT2D eigenvalue weighted by Crippen LogP contribution is 2.41. The molecule has 1 aromatic rings. The smallest absolute Gasteiger partial charge is 0.349 e. The summed E-state index contributed by atoms with van der Waals surface area (Å²) in [7, 11) is -0.868.